The number of hydrogen-bond acceptors (Lipinski definition) is 4. The van der Waals surface area contributed by atoms with Crippen LogP contribution >= 0.6 is 0 Å². The first-order valence-electron chi connectivity index (χ1n) is 12.1. The van der Waals surface area contributed by atoms with E-state index < -0.39 is 0 Å². The van der Waals surface area contributed by atoms with Crippen molar-refractivity contribution in [3.05, 3.63) is 94.8 Å². The van der Waals surface area contributed by atoms with E-state index >= 15 is 0 Å². The summed E-state index contributed by atoms with van der Waals surface area (Å²) in [6, 6.07) is 21.3. The van der Waals surface area contributed by atoms with Crippen molar-refractivity contribution in [2.45, 2.75) is 32.9 Å². The molecule has 0 saturated carbocycles. The highest BCUT2D eigenvalue weighted by Gasteiger charge is 2.35. The summed E-state index contributed by atoms with van der Waals surface area (Å²) < 4.78 is 24.4. The molecule has 0 aliphatic carbocycles. The lowest BCUT2D eigenvalue weighted by Gasteiger charge is -2.28. The predicted molar refractivity (Wildman–Crippen MR) is 133 cm³/mol. The maximum Gasteiger partial charge on any atom is 0.231 e. The highest BCUT2D eigenvalue weighted by Crippen LogP contribution is 2.37. The van der Waals surface area contributed by atoms with Gasteiger partial charge in [0.2, 0.25) is 12.7 Å². The van der Waals surface area contributed by atoms with E-state index in [0.29, 0.717) is 19.0 Å². The van der Waals surface area contributed by atoms with Crippen LogP contribution in [0.4, 0.5) is 4.39 Å². The van der Waals surface area contributed by atoms with E-state index in [4.69, 9.17) is 9.47 Å². The van der Waals surface area contributed by atoms with Crippen molar-refractivity contribution in [2.75, 3.05) is 26.4 Å². The lowest BCUT2D eigenvalue weighted by atomic mass is 9.88. The minimum Gasteiger partial charge on any atom is -0.454 e. The molecule has 1 saturated heterocycles. The number of amides is 1. The van der Waals surface area contributed by atoms with Crippen molar-refractivity contribution in [1.29, 1.82) is 0 Å². The molecule has 2 heterocycles. The molecule has 0 N–H and O–H groups in total. The normalized spacial score (nSPS) is 19.2. The third kappa shape index (κ3) is 5.49. The molecule has 2 aliphatic rings. The number of halogens is 1. The minimum atomic E-state index is -0.266. The topological polar surface area (TPSA) is 42.0 Å². The second-order valence-corrected chi connectivity index (χ2v) is 9.68. The maximum absolute atomic E-state index is 13.4. The van der Waals surface area contributed by atoms with Gasteiger partial charge in [-0.3, -0.25) is 9.69 Å². The molecule has 35 heavy (non-hydrogen) atoms. The molecule has 0 bridgehead atoms. The van der Waals surface area contributed by atoms with Gasteiger partial charge in [-0.05, 0) is 53.8 Å². The molecule has 0 aromatic heterocycles. The largest absolute Gasteiger partial charge is 0.454 e. The molecular weight excluding hydrogens is 443 g/mol. The Hall–Kier alpha value is -3.38. The van der Waals surface area contributed by atoms with Gasteiger partial charge in [-0.2, -0.15) is 0 Å². The first-order chi connectivity index (χ1) is 16.9. The van der Waals surface area contributed by atoms with Crippen LogP contribution in [-0.4, -0.2) is 42.1 Å². The number of fused-ring (bicyclic) bond motifs is 1. The lowest BCUT2D eigenvalue weighted by Crippen LogP contribution is -2.35. The SMILES string of the molecule is CC(=O)N(Cc1ccc(F)cc1)C[C@H]1CN(Cc2ccc3c(c2)OCO3)C[C@H]1c1ccc(C)cc1. The van der Waals surface area contributed by atoms with Crippen molar-refractivity contribution in [2.24, 2.45) is 5.92 Å². The van der Waals surface area contributed by atoms with E-state index in [1.807, 2.05) is 11.0 Å². The highest BCUT2D eigenvalue weighted by atomic mass is 19.1. The zero-order chi connectivity index (χ0) is 24.4. The van der Waals surface area contributed by atoms with Gasteiger partial charge >= 0.3 is 0 Å². The molecule has 0 radical (unpaired) electrons. The van der Waals surface area contributed by atoms with Crippen LogP contribution in [-0.2, 0) is 17.9 Å². The Bertz CT molecular complexity index is 1180. The number of carbonyl (C=O) groups is 1. The monoisotopic (exact) mass is 474 g/mol. The van der Waals surface area contributed by atoms with Crippen molar-refractivity contribution >= 4 is 5.91 Å². The van der Waals surface area contributed by atoms with Gasteiger partial charge in [0.25, 0.3) is 0 Å². The summed E-state index contributed by atoms with van der Waals surface area (Å²) in [4.78, 5) is 16.9. The number of carbonyl (C=O) groups excluding carboxylic acids is 1. The van der Waals surface area contributed by atoms with Gasteiger partial charge in [-0.15, -0.1) is 0 Å². The van der Waals surface area contributed by atoms with Crippen LogP contribution in [0.3, 0.4) is 0 Å². The minimum absolute atomic E-state index is 0.0335. The van der Waals surface area contributed by atoms with Crippen LogP contribution < -0.4 is 9.47 Å². The van der Waals surface area contributed by atoms with Gasteiger partial charge < -0.3 is 14.4 Å². The number of hydrogen-bond donors (Lipinski definition) is 0. The Morgan fingerprint density at radius 3 is 2.43 bits per heavy atom. The summed E-state index contributed by atoms with van der Waals surface area (Å²) in [5.41, 5.74) is 4.66. The fourth-order valence-corrected chi connectivity index (χ4v) is 5.16. The molecule has 1 fully saturated rings. The van der Waals surface area contributed by atoms with Crippen LogP contribution in [0.2, 0.25) is 0 Å². The Balaban J connectivity index is 1.34. The number of likely N-dealkylation sites (tertiary alicyclic amines) is 1. The molecule has 182 valence electrons. The summed E-state index contributed by atoms with van der Waals surface area (Å²) >= 11 is 0. The van der Waals surface area contributed by atoms with E-state index in [9.17, 15) is 9.18 Å². The maximum atomic E-state index is 13.4. The zero-order valence-electron chi connectivity index (χ0n) is 20.2. The number of nitrogens with zero attached hydrogens (tertiary/aromatic N) is 2. The summed E-state index contributed by atoms with van der Waals surface area (Å²) in [6.45, 7) is 7.75. The van der Waals surface area contributed by atoms with Gasteiger partial charge in [-0.1, -0.05) is 48.0 Å². The molecular formula is C29H31FN2O3. The van der Waals surface area contributed by atoms with E-state index in [0.717, 1.165) is 36.7 Å². The standard InChI is InChI=1S/C29H31FN2O3/c1-20-3-8-24(9-4-20)27-18-31(14-23-7-12-28-29(13-23)35-19-34-28)16-25(27)17-32(21(2)33)15-22-5-10-26(30)11-6-22/h3-13,25,27H,14-19H2,1-2H3/t25-,27+/m1/s1. The van der Waals surface area contributed by atoms with Gasteiger partial charge in [0, 0.05) is 45.6 Å². The second-order valence-electron chi connectivity index (χ2n) is 9.68. The van der Waals surface area contributed by atoms with Crippen LogP contribution in [0.25, 0.3) is 0 Å². The molecule has 3 aromatic carbocycles. The fraction of sp³-hybridized carbons (Fsp3) is 0.345. The van der Waals surface area contributed by atoms with Crippen molar-refractivity contribution in [1.82, 2.24) is 9.80 Å². The number of benzene rings is 3. The smallest absolute Gasteiger partial charge is 0.231 e. The van der Waals surface area contributed by atoms with Crippen LogP contribution in [0, 0.1) is 18.7 Å². The molecule has 5 rings (SSSR count). The Morgan fingerprint density at radius 1 is 0.971 bits per heavy atom. The summed E-state index contributed by atoms with van der Waals surface area (Å²) in [6.07, 6.45) is 0. The quantitative estimate of drug-likeness (QED) is 0.476. The summed E-state index contributed by atoms with van der Waals surface area (Å²) in [7, 11) is 0. The van der Waals surface area contributed by atoms with Crippen molar-refractivity contribution < 1.29 is 18.7 Å². The molecule has 2 aliphatic heterocycles. The number of rotatable bonds is 7. The van der Waals surface area contributed by atoms with E-state index in [-0.39, 0.29) is 24.4 Å². The number of ether oxygens (including phenoxy) is 2. The lowest BCUT2D eigenvalue weighted by molar-refractivity contribution is -0.130. The van der Waals surface area contributed by atoms with E-state index in [1.165, 1.54) is 28.8 Å². The first kappa shape index (κ1) is 23.4. The zero-order valence-corrected chi connectivity index (χ0v) is 20.2. The van der Waals surface area contributed by atoms with Crippen LogP contribution in [0.1, 0.15) is 35.1 Å². The highest BCUT2D eigenvalue weighted by molar-refractivity contribution is 5.73. The number of aryl methyl sites for hydroxylation is 1. The Morgan fingerprint density at radius 2 is 1.69 bits per heavy atom. The average Bonchev–Trinajstić information content (AvgIpc) is 3.47. The van der Waals surface area contributed by atoms with Crippen LogP contribution in [0.15, 0.2) is 66.7 Å². The average molecular weight is 475 g/mol. The molecule has 3 aromatic rings. The van der Waals surface area contributed by atoms with Gasteiger partial charge in [0.05, 0.1) is 0 Å². The Labute approximate surface area is 206 Å². The fourth-order valence-electron chi connectivity index (χ4n) is 5.16. The Kier molecular flexibility index (Phi) is 6.73. The summed E-state index contributed by atoms with van der Waals surface area (Å²) in [5.74, 6) is 1.97. The van der Waals surface area contributed by atoms with Gasteiger partial charge in [0.1, 0.15) is 5.82 Å². The molecule has 2 atom stereocenters. The van der Waals surface area contributed by atoms with Crippen molar-refractivity contribution in [3.63, 3.8) is 0 Å². The van der Waals surface area contributed by atoms with Gasteiger partial charge in [-0.25, -0.2) is 4.39 Å². The predicted octanol–water partition coefficient (Wildman–Crippen LogP) is 5.13. The molecule has 5 nitrogen and oxygen atoms in total. The van der Waals surface area contributed by atoms with Gasteiger partial charge in [0.15, 0.2) is 11.5 Å². The van der Waals surface area contributed by atoms with Crippen molar-refractivity contribution in [3.8, 4) is 11.5 Å². The molecule has 6 heteroatoms. The second kappa shape index (κ2) is 10.1. The molecule has 0 unspecified atom stereocenters. The third-order valence-corrected chi connectivity index (χ3v) is 7.05. The molecule has 1 amide bonds. The summed E-state index contributed by atoms with van der Waals surface area (Å²) in [5, 5.41) is 0. The first-order valence-corrected chi connectivity index (χ1v) is 12.1. The van der Waals surface area contributed by atoms with E-state index in [1.54, 1.807) is 19.1 Å². The molecule has 0 spiro atoms. The van der Waals surface area contributed by atoms with Crippen LogP contribution in [0.5, 0.6) is 11.5 Å². The third-order valence-electron chi connectivity index (χ3n) is 7.05. The van der Waals surface area contributed by atoms with E-state index in [2.05, 4.69) is 48.2 Å².